The second-order valence-electron chi connectivity index (χ2n) is 4.86. The zero-order valence-electron chi connectivity index (χ0n) is 12.3. The standard InChI is InChI=1S/C15H20BrNO3S/c1-3-6-21-9-15(18)17-10(2)11-7-13-14(8-12(11)16)20-5-4-19-13/h7-8,10H,3-6,9H2,1-2H3,(H,17,18). The lowest BCUT2D eigenvalue weighted by molar-refractivity contribution is -0.119. The van der Waals surface area contributed by atoms with E-state index in [9.17, 15) is 4.79 Å². The van der Waals surface area contributed by atoms with Crippen LogP contribution in [0.15, 0.2) is 16.6 Å². The van der Waals surface area contributed by atoms with Crippen molar-refractivity contribution in [2.24, 2.45) is 0 Å². The number of halogens is 1. The van der Waals surface area contributed by atoms with Crippen molar-refractivity contribution >= 4 is 33.6 Å². The van der Waals surface area contributed by atoms with E-state index >= 15 is 0 Å². The summed E-state index contributed by atoms with van der Waals surface area (Å²) in [6.45, 7) is 5.21. The van der Waals surface area contributed by atoms with Crippen LogP contribution in [0, 0.1) is 0 Å². The molecule has 0 aliphatic carbocycles. The van der Waals surface area contributed by atoms with Gasteiger partial charge in [0.25, 0.3) is 0 Å². The number of rotatable bonds is 6. The van der Waals surface area contributed by atoms with Gasteiger partial charge in [-0.2, -0.15) is 11.8 Å². The largest absolute Gasteiger partial charge is 0.486 e. The van der Waals surface area contributed by atoms with Crippen molar-refractivity contribution in [2.45, 2.75) is 26.3 Å². The molecule has 1 atom stereocenters. The number of nitrogens with one attached hydrogen (secondary N) is 1. The fourth-order valence-corrected chi connectivity index (χ4v) is 3.45. The summed E-state index contributed by atoms with van der Waals surface area (Å²) in [6, 6.07) is 3.76. The van der Waals surface area contributed by atoms with Crippen molar-refractivity contribution in [3.05, 3.63) is 22.2 Å². The molecule has 1 unspecified atom stereocenters. The number of fused-ring (bicyclic) bond motifs is 1. The summed E-state index contributed by atoms with van der Waals surface area (Å²) in [6.07, 6.45) is 1.08. The number of hydrogen-bond donors (Lipinski definition) is 1. The number of carbonyl (C=O) groups is 1. The third-order valence-electron chi connectivity index (χ3n) is 3.09. The van der Waals surface area contributed by atoms with Crippen LogP contribution < -0.4 is 14.8 Å². The topological polar surface area (TPSA) is 47.6 Å². The van der Waals surface area contributed by atoms with Gasteiger partial charge >= 0.3 is 0 Å². The van der Waals surface area contributed by atoms with E-state index < -0.39 is 0 Å². The first-order valence-electron chi connectivity index (χ1n) is 7.08. The summed E-state index contributed by atoms with van der Waals surface area (Å²) >= 11 is 5.19. The molecule has 1 amide bonds. The highest BCUT2D eigenvalue weighted by molar-refractivity contribution is 9.10. The Morgan fingerprint density at radius 2 is 2.05 bits per heavy atom. The van der Waals surface area contributed by atoms with Gasteiger partial charge in [-0.05, 0) is 36.8 Å². The lowest BCUT2D eigenvalue weighted by atomic mass is 10.1. The van der Waals surface area contributed by atoms with Crippen LogP contribution in [0.2, 0.25) is 0 Å². The Morgan fingerprint density at radius 1 is 1.38 bits per heavy atom. The summed E-state index contributed by atoms with van der Waals surface area (Å²) in [5.41, 5.74) is 0.994. The van der Waals surface area contributed by atoms with Crippen LogP contribution in [0.3, 0.4) is 0 Å². The van der Waals surface area contributed by atoms with Gasteiger partial charge in [-0.3, -0.25) is 4.79 Å². The molecule has 4 nitrogen and oxygen atoms in total. The SMILES string of the molecule is CCCSCC(=O)NC(C)c1cc2c(cc1Br)OCCO2. The quantitative estimate of drug-likeness (QED) is 0.774. The third kappa shape index (κ3) is 4.54. The Labute approximate surface area is 138 Å². The van der Waals surface area contributed by atoms with E-state index in [1.165, 1.54) is 0 Å². The molecular formula is C15H20BrNO3S. The molecule has 116 valence electrons. The van der Waals surface area contributed by atoms with Gasteiger partial charge in [0, 0.05) is 4.47 Å². The fourth-order valence-electron chi connectivity index (χ4n) is 2.08. The van der Waals surface area contributed by atoms with Gasteiger partial charge in [0.2, 0.25) is 5.91 Å². The van der Waals surface area contributed by atoms with Crippen molar-refractivity contribution in [3.63, 3.8) is 0 Å². The molecule has 1 N–H and O–H groups in total. The predicted octanol–water partition coefficient (Wildman–Crippen LogP) is 3.54. The van der Waals surface area contributed by atoms with Crippen LogP contribution >= 0.6 is 27.7 Å². The van der Waals surface area contributed by atoms with Crippen LogP contribution in [0.4, 0.5) is 0 Å². The highest BCUT2D eigenvalue weighted by atomic mass is 79.9. The highest BCUT2D eigenvalue weighted by Crippen LogP contribution is 2.37. The molecule has 6 heteroatoms. The smallest absolute Gasteiger partial charge is 0.230 e. The molecule has 1 heterocycles. The molecule has 1 aromatic carbocycles. The Morgan fingerprint density at radius 3 is 2.71 bits per heavy atom. The predicted molar refractivity (Wildman–Crippen MR) is 89.3 cm³/mol. The maximum Gasteiger partial charge on any atom is 0.230 e. The van der Waals surface area contributed by atoms with Crippen molar-refractivity contribution in [2.75, 3.05) is 24.7 Å². The van der Waals surface area contributed by atoms with Gasteiger partial charge in [0.05, 0.1) is 11.8 Å². The second-order valence-corrected chi connectivity index (χ2v) is 6.82. The van der Waals surface area contributed by atoms with Gasteiger partial charge < -0.3 is 14.8 Å². The van der Waals surface area contributed by atoms with Crippen LogP contribution in [0.1, 0.15) is 31.9 Å². The molecule has 1 aliphatic rings. The number of carbonyl (C=O) groups excluding carboxylic acids is 1. The van der Waals surface area contributed by atoms with Crippen molar-refractivity contribution in [1.29, 1.82) is 0 Å². The molecule has 0 saturated carbocycles. The summed E-state index contributed by atoms with van der Waals surface area (Å²) in [7, 11) is 0. The zero-order valence-corrected chi connectivity index (χ0v) is 14.7. The fraction of sp³-hybridized carbons (Fsp3) is 0.533. The van der Waals surface area contributed by atoms with Gasteiger partial charge in [-0.15, -0.1) is 0 Å². The van der Waals surface area contributed by atoms with E-state index in [2.05, 4.69) is 28.2 Å². The number of ether oxygens (including phenoxy) is 2. The average molecular weight is 374 g/mol. The van der Waals surface area contributed by atoms with Gasteiger partial charge in [-0.1, -0.05) is 22.9 Å². The van der Waals surface area contributed by atoms with Crippen molar-refractivity contribution < 1.29 is 14.3 Å². The normalized spacial score (nSPS) is 14.6. The number of benzene rings is 1. The minimum atomic E-state index is -0.0788. The van der Waals surface area contributed by atoms with Gasteiger partial charge in [0.15, 0.2) is 11.5 Å². The van der Waals surface area contributed by atoms with E-state index in [4.69, 9.17) is 9.47 Å². The van der Waals surface area contributed by atoms with Crippen LogP contribution in [0.5, 0.6) is 11.5 Å². The molecule has 0 aromatic heterocycles. The Kier molecular flexibility index (Phi) is 6.23. The highest BCUT2D eigenvalue weighted by Gasteiger charge is 2.19. The first-order valence-corrected chi connectivity index (χ1v) is 9.02. The monoisotopic (exact) mass is 373 g/mol. The van der Waals surface area contributed by atoms with Crippen molar-refractivity contribution in [3.8, 4) is 11.5 Å². The number of hydrogen-bond acceptors (Lipinski definition) is 4. The summed E-state index contributed by atoms with van der Waals surface area (Å²) in [5, 5.41) is 3.02. The van der Waals surface area contributed by atoms with Crippen LogP contribution in [-0.2, 0) is 4.79 Å². The maximum atomic E-state index is 11.9. The summed E-state index contributed by atoms with van der Waals surface area (Å²) < 4.78 is 12.0. The number of amides is 1. The average Bonchev–Trinajstić information content (AvgIpc) is 2.46. The molecule has 0 fully saturated rings. The zero-order chi connectivity index (χ0) is 15.2. The van der Waals surface area contributed by atoms with Gasteiger partial charge in [0.1, 0.15) is 13.2 Å². The summed E-state index contributed by atoms with van der Waals surface area (Å²) in [5.74, 6) is 3.05. The minimum absolute atomic E-state index is 0.0581. The Balaban J connectivity index is 2.01. The lowest BCUT2D eigenvalue weighted by Crippen LogP contribution is -2.28. The molecule has 0 radical (unpaired) electrons. The summed E-state index contributed by atoms with van der Waals surface area (Å²) in [4.78, 5) is 11.9. The molecule has 2 rings (SSSR count). The molecule has 0 bridgehead atoms. The molecule has 0 saturated heterocycles. The molecule has 0 spiro atoms. The van der Waals surface area contributed by atoms with Crippen LogP contribution in [-0.4, -0.2) is 30.6 Å². The van der Waals surface area contributed by atoms with Gasteiger partial charge in [-0.25, -0.2) is 0 Å². The molecule has 21 heavy (non-hydrogen) atoms. The third-order valence-corrected chi connectivity index (χ3v) is 4.94. The van der Waals surface area contributed by atoms with Crippen LogP contribution in [0.25, 0.3) is 0 Å². The van der Waals surface area contributed by atoms with E-state index in [-0.39, 0.29) is 11.9 Å². The minimum Gasteiger partial charge on any atom is -0.486 e. The Bertz CT molecular complexity index is 510. The van der Waals surface area contributed by atoms with E-state index in [0.717, 1.165) is 33.7 Å². The van der Waals surface area contributed by atoms with E-state index in [1.54, 1.807) is 11.8 Å². The lowest BCUT2D eigenvalue weighted by Gasteiger charge is -2.22. The molecule has 1 aliphatic heterocycles. The second kappa shape index (κ2) is 7.94. The van der Waals surface area contributed by atoms with E-state index in [1.807, 2.05) is 19.1 Å². The van der Waals surface area contributed by atoms with Crippen molar-refractivity contribution in [1.82, 2.24) is 5.32 Å². The molecular weight excluding hydrogens is 354 g/mol. The first-order chi connectivity index (χ1) is 10.1. The first kappa shape index (κ1) is 16.5. The molecule has 1 aromatic rings. The maximum absolute atomic E-state index is 11.9. The Hall–Kier alpha value is -0.880. The number of thioether (sulfide) groups is 1. The van der Waals surface area contributed by atoms with E-state index in [0.29, 0.717) is 19.0 Å².